The molecule has 2 atom stereocenters. The number of aliphatic carboxylic acids is 1. The van der Waals surface area contributed by atoms with Gasteiger partial charge >= 0.3 is 17.9 Å². The van der Waals surface area contributed by atoms with Crippen molar-refractivity contribution in [2.75, 3.05) is 41.0 Å². The number of unbranched alkanes of at least 4 members (excludes halogenated alkanes) is 11. The number of esters is 2. The molecule has 0 heterocycles. The third-order valence-electron chi connectivity index (χ3n) is 9.54. The number of carbonyl (C=O) groups is 3. The zero-order valence-electron chi connectivity index (χ0n) is 37.5. The Labute approximate surface area is 354 Å². The van der Waals surface area contributed by atoms with Crippen LogP contribution in [0.4, 0.5) is 0 Å². The highest BCUT2D eigenvalue weighted by Crippen LogP contribution is 2.13. The van der Waals surface area contributed by atoms with Gasteiger partial charge in [0, 0.05) is 19.3 Å². The number of likely N-dealkylation sites (N-methyl/N-ethyl adjacent to an activating group) is 1. The van der Waals surface area contributed by atoms with Crippen molar-refractivity contribution in [2.24, 2.45) is 0 Å². The molecule has 8 heteroatoms. The van der Waals surface area contributed by atoms with E-state index in [1.165, 1.54) is 25.7 Å². The van der Waals surface area contributed by atoms with Crippen molar-refractivity contribution in [3.05, 3.63) is 85.1 Å². The lowest BCUT2D eigenvalue weighted by Gasteiger charge is -2.31. The largest absolute Gasteiger partial charge is 0.477 e. The summed E-state index contributed by atoms with van der Waals surface area (Å²) in [4.78, 5) is 37.0. The number of ether oxygens (including phenoxy) is 3. The summed E-state index contributed by atoms with van der Waals surface area (Å²) in [7, 11) is 5.51. The van der Waals surface area contributed by atoms with Crippen molar-refractivity contribution in [1.82, 2.24) is 0 Å². The summed E-state index contributed by atoms with van der Waals surface area (Å²) in [5.74, 6) is -1.52. The Morgan fingerprint density at radius 3 is 1.34 bits per heavy atom. The lowest BCUT2D eigenvalue weighted by Crippen LogP contribution is -2.50. The van der Waals surface area contributed by atoms with Gasteiger partial charge in [0.05, 0.1) is 34.4 Å². The lowest BCUT2D eigenvalue weighted by molar-refractivity contribution is -0.887. The van der Waals surface area contributed by atoms with E-state index >= 15 is 0 Å². The van der Waals surface area contributed by atoms with Crippen LogP contribution in [0.15, 0.2) is 85.1 Å². The van der Waals surface area contributed by atoms with Crippen molar-refractivity contribution < 1.29 is 38.2 Å². The van der Waals surface area contributed by atoms with Crippen LogP contribution in [-0.2, 0) is 28.6 Å². The van der Waals surface area contributed by atoms with E-state index in [0.29, 0.717) is 19.3 Å². The van der Waals surface area contributed by atoms with Crippen LogP contribution in [0.5, 0.6) is 0 Å². The molecule has 0 aromatic rings. The topological polar surface area (TPSA) is 99.1 Å². The number of quaternary nitrogens is 1. The Kier molecular flexibility index (Phi) is 37.9. The number of allylic oxidation sites excluding steroid dienone is 14. The lowest BCUT2D eigenvalue weighted by atomic mass is 10.1. The Hall–Kier alpha value is -3.49. The Morgan fingerprint density at radius 1 is 0.517 bits per heavy atom. The van der Waals surface area contributed by atoms with Gasteiger partial charge in [0.25, 0.3) is 0 Å². The van der Waals surface area contributed by atoms with Gasteiger partial charge in [-0.25, -0.2) is 4.79 Å². The SMILES string of the molecule is CC/C=C\C/C=C\C/C=C\C/C=C\CCCCCCC(=O)OC(COCCC(C(=O)O)[N+](C)(C)C)COC(=O)CCCCCCCCC/C=C\C/C=C\C/C=C\CC. The molecule has 0 amide bonds. The van der Waals surface area contributed by atoms with E-state index in [-0.39, 0.29) is 36.2 Å². The minimum atomic E-state index is -0.884. The van der Waals surface area contributed by atoms with Gasteiger partial charge < -0.3 is 23.8 Å². The highest BCUT2D eigenvalue weighted by molar-refractivity contribution is 5.72. The quantitative estimate of drug-likeness (QED) is 0.0286. The molecule has 0 saturated carbocycles. The first-order chi connectivity index (χ1) is 28.1. The van der Waals surface area contributed by atoms with Crippen LogP contribution in [0.1, 0.15) is 162 Å². The van der Waals surface area contributed by atoms with Crippen LogP contribution in [-0.4, -0.2) is 80.6 Å². The standard InChI is InChI=1S/C50H83NO7/c1-6-8-10-12-14-16-18-20-22-24-26-28-30-32-34-36-38-40-48(52)57-45-46(44-56-43-42-47(50(54)55)51(3,4)5)58-49(53)41-39-37-35-33-31-29-27-25-23-21-19-17-15-13-11-9-7-2/h8-11,14-17,20-23,27,29,46-47H,6-7,12-13,18-19,24-26,28,30-45H2,1-5H3/p+1/b10-8-,11-9-,16-14-,17-15-,22-20-,23-21-,29-27-. The summed E-state index contributed by atoms with van der Waals surface area (Å²) in [6.45, 7) is 4.46. The Bertz CT molecular complexity index is 1220. The maximum atomic E-state index is 12.7. The number of hydrogen-bond donors (Lipinski definition) is 1. The molecule has 0 fully saturated rings. The molecule has 0 aromatic carbocycles. The van der Waals surface area contributed by atoms with Gasteiger partial charge in [-0.05, 0) is 83.5 Å². The van der Waals surface area contributed by atoms with E-state index in [9.17, 15) is 19.5 Å². The van der Waals surface area contributed by atoms with Crippen molar-refractivity contribution in [1.29, 1.82) is 0 Å². The molecule has 0 aromatic heterocycles. The van der Waals surface area contributed by atoms with Gasteiger partial charge in [-0.2, -0.15) is 0 Å². The Balaban J connectivity index is 4.40. The highest BCUT2D eigenvalue weighted by Gasteiger charge is 2.31. The van der Waals surface area contributed by atoms with Crippen molar-refractivity contribution in [3.63, 3.8) is 0 Å². The van der Waals surface area contributed by atoms with Gasteiger partial charge in [-0.1, -0.05) is 144 Å². The van der Waals surface area contributed by atoms with E-state index in [0.717, 1.165) is 103 Å². The summed E-state index contributed by atoms with van der Waals surface area (Å²) < 4.78 is 17.3. The minimum absolute atomic E-state index is 0.0428. The summed E-state index contributed by atoms with van der Waals surface area (Å²) in [6, 6.07) is -0.625. The van der Waals surface area contributed by atoms with E-state index in [1.54, 1.807) is 0 Å². The summed E-state index contributed by atoms with van der Waals surface area (Å²) in [6.07, 6.45) is 51.9. The Morgan fingerprint density at radius 2 is 0.914 bits per heavy atom. The van der Waals surface area contributed by atoms with Crippen molar-refractivity contribution in [3.8, 4) is 0 Å². The van der Waals surface area contributed by atoms with Crippen molar-refractivity contribution >= 4 is 17.9 Å². The fourth-order valence-electron chi connectivity index (χ4n) is 6.10. The van der Waals surface area contributed by atoms with Gasteiger partial charge in [-0.15, -0.1) is 0 Å². The second kappa shape index (κ2) is 40.3. The molecular formula is C50H84NO7+. The second-order valence-corrected chi connectivity index (χ2v) is 15.9. The molecular weight excluding hydrogens is 727 g/mol. The molecule has 0 aliphatic rings. The van der Waals surface area contributed by atoms with E-state index in [4.69, 9.17) is 14.2 Å². The molecule has 0 radical (unpaired) electrons. The monoisotopic (exact) mass is 811 g/mol. The summed E-state index contributed by atoms with van der Waals surface area (Å²) in [5, 5.41) is 9.63. The third kappa shape index (κ3) is 38.1. The summed E-state index contributed by atoms with van der Waals surface area (Å²) >= 11 is 0. The molecule has 0 spiro atoms. The van der Waals surface area contributed by atoms with Crippen LogP contribution in [0.2, 0.25) is 0 Å². The van der Waals surface area contributed by atoms with Gasteiger partial charge in [0.15, 0.2) is 12.1 Å². The van der Waals surface area contributed by atoms with Crippen LogP contribution in [0.25, 0.3) is 0 Å². The van der Waals surface area contributed by atoms with E-state index in [2.05, 4.69) is 98.9 Å². The number of carboxylic acid groups (broad SMARTS) is 1. The van der Waals surface area contributed by atoms with Gasteiger partial charge in [0.1, 0.15) is 6.61 Å². The third-order valence-corrected chi connectivity index (χ3v) is 9.54. The first kappa shape index (κ1) is 54.5. The first-order valence-corrected chi connectivity index (χ1v) is 22.6. The molecule has 2 unspecified atom stereocenters. The zero-order valence-corrected chi connectivity index (χ0v) is 37.5. The molecule has 330 valence electrons. The smallest absolute Gasteiger partial charge is 0.362 e. The fraction of sp³-hybridized carbons (Fsp3) is 0.660. The average molecular weight is 811 g/mol. The van der Waals surface area contributed by atoms with Crippen LogP contribution in [0.3, 0.4) is 0 Å². The number of hydrogen-bond acceptors (Lipinski definition) is 6. The fourth-order valence-corrected chi connectivity index (χ4v) is 6.10. The van der Waals surface area contributed by atoms with Crippen LogP contribution < -0.4 is 0 Å². The molecule has 8 nitrogen and oxygen atoms in total. The number of carbonyl (C=O) groups excluding carboxylic acids is 2. The predicted octanol–water partition coefficient (Wildman–Crippen LogP) is 12.5. The maximum absolute atomic E-state index is 12.7. The summed E-state index contributed by atoms with van der Waals surface area (Å²) in [5.41, 5.74) is 0. The number of nitrogens with zero attached hydrogens (tertiary/aromatic N) is 1. The zero-order chi connectivity index (χ0) is 42.8. The van der Waals surface area contributed by atoms with E-state index in [1.807, 2.05) is 21.1 Å². The first-order valence-electron chi connectivity index (χ1n) is 22.6. The average Bonchev–Trinajstić information content (AvgIpc) is 3.18. The predicted molar refractivity (Wildman–Crippen MR) is 243 cm³/mol. The van der Waals surface area contributed by atoms with E-state index < -0.39 is 18.1 Å². The molecule has 0 rings (SSSR count). The minimum Gasteiger partial charge on any atom is -0.477 e. The molecule has 0 aliphatic heterocycles. The molecule has 0 bridgehead atoms. The molecule has 0 aliphatic carbocycles. The normalized spacial score (nSPS) is 13.7. The van der Waals surface area contributed by atoms with Gasteiger partial charge in [-0.3, -0.25) is 9.59 Å². The van der Waals surface area contributed by atoms with Crippen LogP contribution in [0, 0.1) is 0 Å². The van der Waals surface area contributed by atoms with Crippen LogP contribution >= 0.6 is 0 Å². The highest BCUT2D eigenvalue weighted by atomic mass is 16.6. The molecule has 0 saturated heterocycles. The number of carboxylic acids is 1. The number of rotatable bonds is 39. The molecule has 1 N–H and O–H groups in total. The molecule has 58 heavy (non-hydrogen) atoms. The second-order valence-electron chi connectivity index (χ2n) is 15.9. The van der Waals surface area contributed by atoms with Crippen molar-refractivity contribution in [2.45, 2.75) is 174 Å². The van der Waals surface area contributed by atoms with Gasteiger partial charge in [0.2, 0.25) is 0 Å². The maximum Gasteiger partial charge on any atom is 0.362 e.